The first-order valence-electron chi connectivity index (χ1n) is 5.01. The standard InChI is InChI=1S/C12H8BrClN2O2/c13-8-2-1-3-9(5-8)16-11(17)7-4-10(14)12(18)15-6-7/h1-6H,(H,15,18)(H,16,17). The molecule has 0 atom stereocenters. The Balaban J connectivity index is 2.22. The summed E-state index contributed by atoms with van der Waals surface area (Å²) in [5.74, 6) is -0.341. The summed E-state index contributed by atoms with van der Waals surface area (Å²) in [6.07, 6.45) is 1.32. The molecule has 0 spiro atoms. The monoisotopic (exact) mass is 326 g/mol. The molecule has 0 unspecified atom stereocenters. The zero-order valence-corrected chi connectivity index (χ0v) is 11.4. The third-order valence-electron chi connectivity index (χ3n) is 2.20. The third-order valence-corrected chi connectivity index (χ3v) is 2.98. The molecular formula is C12H8BrClN2O2. The number of hydrogen-bond donors (Lipinski definition) is 2. The summed E-state index contributed by atoms with van der Waals surface area (Å²) in [4.78, 5) is 25.3. The molecule has 2 N–H and O–H groups in total. The summed E-state index contributed by atoms with van der Waals surface area (Å²) in [5.41, 5.74) is 0.520. The van der Waals surface area contributed by atoms with E-state index in [1.807, 2.05) is 6.07 Å². The second-order valence-electron chi connectivity index (χ2n) is 3.53. The number of amides is 1. The molecule has 6 heteroatoms. The van der Waals surface area contributed by atoms with E-state index in [-0.39, 0.29) is 10.9 Å². The summed E-state index contributed by atoms with van der Waals surface area (Å²) in [7, 11) is 0. The van der Waals surface area contributed by atoms with E-state index in [0.717, 1.165) is 4.47 Å². The number of rotatable bonds is 2. The van der Waals surface area contributed by atoms with Crippen molar-refractivity contribution in [3.05, 3.63) is 61.9 Å². The Morgan fingerprint density at radius 1 is 1.33 bits per heavy atom. The normalized spacial score (nSPS) is 10.1. The Morgan fingerprint density at radius 2 is 2.11 bits per heavy atom. The van der Waals surface area contributed by atoms with E-state index in [2.05, 4.69) is 26.2 Å². The number of benzene rings is 1. The minimum atomic E-state index is -0.421. The van der Waals surface area contributed by atoms with Crippen LogP contribution in [0.4, 0.5) is 5.69 Å². The van der Waals surface area contributed by atoms with Crippen LogP contribution in [-0.4, -0.2) is 10.9 Å². The van der Waals surface area contributed by atoms with Crippen LogP contribution in [0.15, 0.2) is 45.8 Å². The molecule has 0 saturated carbocycles. The lowest BCUT2D eigenvalue weighted by molar-refractivity contribution is 0.102. The summed E-state index contributed by atoms with van der Waals surface area (Å²) in [6.45, 7) is 0. The Bertz CT molecular complexity index is 655. The van der Waals surface area contributed by atoms with Crippen LogP contribution in [0.3, 0.4) is 0 Å². The van der Waals surface area contributed by atoms with Gasteiger partial charge in [0.15, 0.2) is 0 Å². The van der Waals surface area contributed by atoms with Crippen LogP contribution in [0.25, 0.3) is 0 Å². The molecule has 0 radical (unpaired) electrons. The quantitative estimate of drug-likeness (QED) is 0.890. The van der Waals surface area contributed by atoms with E-state index in [0.29, 0.717) is 11.3 Å². The molecule has 2 rings (SSSR count). The summed E-state index contributed by atoms with van der Waals surface area (Å²) in [6, 6.07) is 8.51. The summed E-state index contributed by atoms with van der Waals surface area (Å²) in [5, 5.41) is 2.68. The van der Waals surface area contributed by atoms with E-state index in [1.165, 1.54) is 12.3 Å². The largest absolute Gasteiger partial charge is 0.327 e. The predicted octanol–water partition coefficient (Wildman–Crippen LogP) is 3.04. The fourth-order valence-corrected chi connectivity index (χ4v) is 1.93. The predicted molar refractivity (Wildman–Crippen MR) is 74.2 cm³/mol. The zero-order valence-electron chi connectivity index (χ0n) is 9.04. The van der Waals surface area contributed by atoms with Gasteiger partial charge in [0.1, 0.15) is 5.02 Å². The van der Waals surface area contributed by atoms with Gasteiger partial charge in [-0.05, 0) is 24.3 Å². The van der Waals surface area contributed by atoms with Crippen molar-refractivity contribution in [2.75, 3.05) is 5.32 Å². The number of pyridine rings is 1. The highest BCUT2D eigenvalue weighted by atomic mass is 79.9. The van der Waals surface area contributed by atoms with Gasteiger partial charge in [-0.15, -0.1) is 0 Å². The highest BCUT2D eigenvalue weighted by molar-refractivity contribution is 9.10. The number of carbonyl (C=O) groups is 1. The zero-order chi connectivity index (χ0) is 13.1. The number of H-pyrrole nitrogens is 1. The molecule has 1 heterocycles. The van der Waals surface area contributed by atoms with Crippen molar-refractivity contribution in [2.24, 2.45) is 0 Å². The molecule has 0 aliphatic heterocycles. The van der Waals surface area contributed by atoms with Gasteiger partial charge in [-0.25, -0.2) is 0 Å². The number of halogens is 2. The number of hydrogen-bond acceptors (Lipinski definition) is 2. The van der Waals surface area contributed by atoms with Gasteiger partial charge in [-0.1, -0.05) is 33.6 Å². The molecule has 18 heavy (non-hydrogen) atoms. The second kappa shape index (κ2) is 5.37. The topological polar surface area (TPSA) is 62.0 Å². The Kier molecular flexibility index (Phi) is 3.84. The lowest BCUT2D eigenvalue weighted by atomic mass is 10.2. The highest BCUT2D eigenvalue weighted by Crippen LogP contribution is 2.16. The van der Waals surface area contributed by atoms with Crippen LogP contribution in [0, 0.1) is 0 Å². The molecule has 1 aromatic heterocycles. The second-order valence-corrected chi connectivity index (χ2v) is 4.85. The van der Waals surface area contributed by atoms with E-state index in [1.54, 1.807) is 18.2 Å². The van der Waals surface area contributed by atoms with E-state index in [9.17, 15) is 9.59 Å². The molecule has 4 nitrogen and oxygen atoms in total. The van der Waals surface area contributed by atoms with Crippen molar-refractivity contribution in [1.29, 1.82) is 0 Å². The van der Waals surface area contributed by atoms with Gasteiger partial charge >= 0.3 is 0 Å². The molecule has 0 fully saturated rings. The smallest absolute Gasteiger partial charge is 0.266 e. The van der Waals surface area contributed by atoms with Crippen LogP contribution < -0.4 is 10.9 Å². The van der Waals surface area contributed by atoms with Crippen molar-refractivity contribution < 1.29 is 4.79 Å². The van der Waals surface area contributed by atoms with Crippen molar-refractivity contribution >= 4 is 39.1 Å². The maximum atomic E-state index is 11.9. The summed E-state index contributed by atoms with van der Waals surface area (Å²) < 4.78 is 0.861. The van der Waals surface area contributed by atoms with Crippen LogP contribution in [-0.2, 0) is 0 Å². The average Bonchev–Trinajstić information content (AvgIpc) is 2.32. The van der Waals surface area contributed by atoms with Gasteiger partial charge in [-0.2, -0.15) is 0 Å². The first-order valence-corrected chi connectivity index (χ1v) is 6.18. The van der Waals surface area contributed by atoms with Crippen LogP contribution >= 0.6 is 27.5 Å². The van der Waals surface area contributed by atoms with Crippen LogP contribution in [0.2, 0.25) is 5.02 Å². The maximum absolute atomic E-state index is 11.9. The number of aromatic nitrogens is 1. The fraction of sp³-hybridized carbons (Fsp3) is 0. The highest BCUT2D eigenvalue weighted by Gasteiger charge is 2.08. The van der Waals surface area contributed by atoms with Gasteiger partial charge in [0, 0.05) is 16.4 Å². The molecule has 0 bridgehead atoms. The number of aromatic amines is 1. The maximum Gasteiger partial charge on any atom is 0.266 e. The first kappa shape index (κ1) is 12.9. The lowest BCUT2D eigenvalue weighted by Gasteiger charge is -2.05. The van der Waals surface area contributed by atoms with Gasteiger partial charge in [0.05, 0.1) is 5.56 Å². The average molecular weight is 328 g/mol. The third kappa shape index (κ3) is 3.00. The lowest BCUT2D eigenvalue weighted by Crippen LogP contribution is -2.15. The minimum Gasteiger partial charge on any atom is -0.327 e. The fourth-order valence-electron chi connectivity index (χ4n) is 1.36. The van der Waals surface area contributed by atoms with E-state index >= 15 is 0 Å². The van der Waals surface area contributed by atoms with Crippen molar-refractivity contribution in [3.8, 4) is 0 Å². The molecule has 1 aromatic carbocycles. The van der Waals surface area contributed by atoms with Gasteiger partial charge < -0.3 is 10.3 Å². The van der Waals surface area contributed by atoms with E-state index < -0.39 is 5.56 Å². The Morgan fingerprint density at radius 3 is 2.78 bits per heavy atom. The molecule has 1 amide bonds. The van der Waals surface area contributed by atoms with Gasteiger partial charge in [-0.3, -0.25) is 9.59 Å². The van der Waals surface area contributed by atoms with Crippen molar-refractivity contribution in [2.45, 2.75) is 0 Å². The van der Waals surface area contributed by atoms with Crippen molar-refractivity contribution in [3.63, 3.8) is 0 Å². The number of nitrogens with one attached hydrogen (secondary N) is 2. The molecule has 92 valence electrons. The SMILES string of the molecule is O=C(Nc1cccc(Br)c1)c1c[nH]c(=O)c(Cl)c1. The number of anilines is 1. The molecule has 0 aliphatic rings. The molecule has 0 saturated heterocycles. The van der Waals surface area contributed by atoms with Gasteiger partial charge in [0.25, 0.3) is 11.5 Å². The van der Waals surface area contributed by atoms with Crippen LogP contribution in [0.1, 0.15) is 10.4 Å². The molecule has 2 aromatic rings. The Labute approximate surface area is 116 Å². The van der Waals surface area contributed by atoms with E-state index in [4.69, 9.17) is 11.6 Å². The Hall–Kier alpha value is -1.59. The van der Waals surface area contributed by atoms with Crippen molar-refractivity contribution in [1.82, 2.24) is 4.98 Å². The molecule has 0 aliphatic carbocycles. The van der Waals surface area contributed by atoms with Gasteiger partial charge in [0.2, 0.25) is 0 Å². The summed E-state index contributed by atoms with van der Waals surface area (Å²) >= 11 is 8.96. The molecular weight excluding hydrogens is 320 g/mol. The number of carbonyl (C=O) groups excluding carboxylic acids is 1. The minimum absolute atomic E-state index is 0.0168. The first-order chi connectivity index (χ1) is 8.56. The van der Waals surface area contributed by atoms with Crippen LogP contribution in [0.5, 0.6) is 0 Å².